The predicted octanol–water partition coefficient (Wildman–Crippen LogP) is 2.20. The van der Waals surface area contributed by atoms with Crippen LogP contribution in [0.3, 0.4) is 0 Å². The Bertz CT molecular complexity index is 868. The van der Waals surface area contributed by atoms with Gasteiger partial charge >= 0.3 is 0 Å². The zero-order valence-electron chi connectivity index (χ0n) is 12.7. The molecule has 3 aromatic rings. The molecule has 1 aromatic carbocycles. The summed E-state index contributed by atoms with van der Waals surface area (Å²) in [7, 11) is 0. The van der Waals surface area contributed by atoms with Crippen LogP contribution in [0, 0.1) is 0 Å². The molecule has 6 heteroatoms. The summed E-state index contributed by atoms with van der Waals surface area (Å²) in [5, 5.41) is 8.48. The maximum absolute atomic E-state index is 12.5. The van der Waals surface area contributed by atoms with E-state index in [1.165, 1.54) is 10.9 Å². The molecule has 0 aliphatic heterocycles. The highest BCUT2D eigenvalue weighted by atomic mass is 16.3. The molecule has 2 heterocycles. The Labute approximate surface area is 132 Å². The molecule has 0 aliphatic rings. The smallest absolute Gasteiger partial charge is 0.287 e. The summed E-state index contributed by atoms with van der Waals surface area (Å²) in [5.41, 5.74) is -0.159. The average Bonchev–Trinajstić information content (AvgIpc) is 3.11. The molecule has 118 valence electrons. The van der Waals surface area contributed by atoms with E-state index in [0.717, 1.165) is 5.39 Å². The number of benzene rings is 1. The first kappa shape index (κ1) is 15.0. The highest BCUT2D eigenvalue weighted by Crippen LogP contribution is 2.07. The second kappa shape index (κ2) is 6.48. The molecule has 0 saturated carbocycles. The van der Waals surface area contributed by atoms with Gasteiger partial charge in [-0.3, -0.25) is 9.59 Å². The van der Waals surface area contributed by atoms with Crippen LogP contribution in [0.5, 0.6) is 0 Å². The van der Waals surface area contributed by atoms with Crippen molar-refractivity contribution in [3.63, 3.8) is 0 Å². The standard InChI is InChI=1S/C17H17N3O3/c1-2-13(19-16(21)15-8-5-9-23-15)11-20-17(22)14-7-4-3-6-12(14)10-18-20/h3-10,13H,2,11H2,1H3,(H,19,21)/t13-/m1/s1. The number of fused-ring (bicyclic) bond motifs is 1. The minimum Gasteiger partial charge on any atom is -0.459 e. The fourth-order valence-electron chi connectivity index (χ4n) is 2.41. The summed E-state index contributed by atoms with van der Waals surface area (Å²) in [4.78, 5) is 24.5. The molecule has 0 aliphatic carbocycles. The molecule has 3 rings (SSSR count). The van der Waals surface area contributed by atoms with Crippen molar-refractivity contribution in [2.45, 2.75) is 25.9 Å². The van der Waals surface area contributed by atoms with Crippen molar-refractivity contribution >= 4 is 16.7 Å². The largest absolute Gasteiger partial charge is 0.459 e. The Morgan fingerprint density at radius 3 is 2.87 bits per heavy atom. The van der Waals surface area contributed by atoms with E-state index < -0.39 is 0 Å². The fraction of sp³-hybridized carbons (Fsp3) is 0.235. The van der Waals surface area contributed by atoms with Crippen LogP contribution in [0.2, 0.25) is 0 Å². The van der Waals surface area contributed by atoms with Crippen molar-refractivity contribution in [2.75, 3.05) is 0 Å². The Morgan fingerprint density at radius 1 is 1.30 bits per heavy atom. The first-order valence-electron chi connectivity index (χ1n) is 7.48. The lowest BCUT2D eigenvalue weighted by molar-refractivity contribution is 0.0902. The molecule has 0 bridgehead atoms. The maximum Gasteiger partial charge on any atom is 0.287 e. The van der Waals surface area contributed by atoms with Crippen LogP contribution in [-0.2, 0) is 6.54 Å². The molecule has 0 fully saturated rings. The van der Waals surface area contributed by atoms with E-state index >= 15 is 0 Å². The van der Waals surface area contributed by atoms with Crippen molar-refractivity contribution in [1.82, 2.24) is 15.1 Å². The van der Waals surface area contributed by atoms with E-state index in [2.05, 4.69) is 10.4 Å². The van der Waals surface area contributed by atoms with Crippen LogP contribution in [0.1, 0.15) is 23.9 Å². The van der Waals surface area contributed by atoms with E-state index in [1.807, 2.05) is 25.1 Å². The molecular weight excluding hydrogens is 294 g/mol. The third-order valence-electron chi connectivity index (χ3n) is 3.73. The summed E-state index contributed by atoms with van der Waals surface area (Å²) >= 11 is 0. The van der Waals surface area contributed by atoms with E-state index in [9.17, 15) is 9.59 Å². The van der Waals surface area contributed by atoms with Crippen LogP contribution in [0.4, 0.5) is 0 Å². The Hall–Kier alpha value is -2.89. The number of hydrogen-bond acceptors (Lipinski definition) is 4. The van der Waals surface area contributed by atoms with Gasteiger partial charge in [0.15, 0.2) is 5.76 Å². The third-order valence-corrected chi connectivity index (χ3v) is 3.73. The van der Waals surface area contributed by atoms with Gasteiger partial charge < -0.3 is 9.73 Å². The summed E-state index contributed by atoms with van der Waals surface area (Å²) in [5.74, 6) is -0.0436. The number of aromatic nitrogens is 2. The monoisotopic (exact) mass is 311 g/mol. The van der Waals surface area contributed by atoms with Gasteiger partial charge in [0.1, 0.15) is 0 Å². The molecule has 0 unspecified atom stereocenters. The molecule has 0 saturated heterocycles. The Kier molecular flexibility index (Phi) is 4.23. The van der Waals surface area contributed by atoms with E-state index in [4.69, 9.17) is 4.42 Å². The van der Waals surface area contributed by atoms with E-state index in [-0.39, 0.29) is 23.3 Å². The van der Waals surface area contributed by atoms with Crippen molar-refractivity contribution < 1.29 is 9.21 Å². The minimum absolute atomic E-state index is 0.159. The average molecular weight is 311 g/mol. The molecule has 1 atom stereocenters. The zero-order chi connectivity index (χ0) is 16.2. The Balaban J connectivity index is 1.80. The normalized spacial score (nSPS) is 12.2. The van der Waals surface area contributed by atoms with Crippen molar-refractivity contribution in [3.05, 3.63) is 65.0 Å². The van der Waals surface area contributed by atoms with Crippen molar-refractivity contribution in [2.24, 2.45) is 0 Å². The van der Waals surface area contributed by atoms with Gasteiger partial charge in [0, 0.05) is 11.4 Å². The number of nitrogens with zero attached hydrogens (tertiary/aromatic N) is 2. The molecule has 1 N–H and O–H groups in total. The number of nitrogens with one attached hydrogen (secondary N) is 1. The molecule has 0 spiro atoms. The second-order valence-corrected chi connectivity index (χ2v) is 5.28. The molecule has 6 nitrogen and oxygen atoms in total. The van der Waals surface area contributed by atoms with Crippen molar-refractivity contribution in [1.29, 1.82) is 0 Å². The van der Waals surface area contributed by atoms with Gasteiger partial charge in [-0.05, 0) is 24.6 Å². The first-order valence-corrected chi connectivity index (χ1v) is 7.48. The van der Waals surface area contributed by atoms with Gasteiger partial charge in [0.05, 0.1) is 24.4 Å². The number of rotatable bonds is 5. The topological polar surface area (TPSA) is 77.1 Å². The highest BCUT2D eigenvalue weighted by molar-refractivity contribution is 5.91. The van der Waals surface area contributed by atoms with Crippen LogP contribution in [0.15, 0.2) is 58.1 Å². The second-order valence-electron chi connectivity index (χ2n) is 5.28. The van der Waals surface area contributed by atoms with Gasteiger partial charge in [-0.2, -0.15) is 5.10 Å². The van der Waals surface area contributed by atoms with E-state index in [1.54, 1.807) is 24.4 Å². The number of carbonyl (C=O) groups is 1. The lowest BCUT2D eigenvalue weighted by atomic mass is 10.2. The first-order chi connectivity index (χ1) is 11.2. The van der Waals surface area contributed by atoms with E-state index in [0.29, 0.717) is 18.4 Å². The van der Waals surface area contributed by atoms with Gasteiger partial charge in [-0.1, -0.05) is 25.1 Å². The summed E-state index contributed by atoms with van der Waals surface area (Å²) in [6.45, 7) is 2.26. The van der Waals surface area contributed by atoms with Gasteiger partial charge in [-0.25, -0.2) is 4.68 Å². The molecule has 1 amide bonds. The van der Waals surface area contributed by atoms with Crippen LogP contribution in [-0.4, -0.2) is 21.7 Å². The third kappa shape index (κ3) is 3.15. The van der Waals surface area contributed by atoms with Crippen LogP contribution >= 0.6 is 0 Å². The number of hydrogen-bond donors (Lipinski definition) is 1. The molecular formula is C17H17N3O3. The molecule has 0 radical (unpaired) electrons. The highest BCUT2D eigenvalue weighted by Gasteiger charge is 2.16. The predicted molar refractivity (Wildman–Crippen MR) is 86.3 cm³/mol. The zero-order valence-corrected chi connectivity index (χ0v) is 12.7. The maximum atomic E-state index is 12.5. The number of amides is 1. The quantitative estimate of drug-likeness (QED) is 0.783. The van der Waals surface area contributed by atoms with Gasteiger partial charge in [0.25, 0.3) is 11.5 Å². The minimum atomic E-state index is -0.296. The van der Waals surface area contributed by atoms with Gasteiger partial charge in [-0.15, -0.1) is 0 Å². The molecule has 23 heavy (non-hydrogen) atoms. The SMILES string of the molecule is CC[C@H](Cn1ncc2ccccc2c1=O)NC(=O)c1ccco1. The van der Waals surface area contributed by atoms with Crippen LogP contribution in [0.25, 0.3) is 10.8 Å². The summed E-state index contributed by atoms with van der Waals surface area (Å²) in [6, 6.07) is 10.4. The Morgan fingerprint density at radius 2 is 2.13 bits per heavy atom. The summed E-state index contributed by atoms with van der Waals surface area (Å²) < 4.78 is 6.46. The lowest BCUT2D eigenvalue weighted by Crippen LogP contribution is -2.40. The van der Waals surface area contributed by atoms with Gasteiger partial charge in [0.2, 0.25) is 0 Å². The molecule has 2 aromatic heterocycles. The summed E-state index contributed by atoms with van der Waals surface area (Å²) in [6.07, 6.45) is 3.79. The number of furan rings is 1. The lowest BCUT2D eigenvalue weighted by Gasteiger charge is -2.17. The van der Waals surface area contributed by atoms with Crippen molar-refractivity contribution in [3.8, 4) is 0 Å². The number of carbonyl (C=O) groups excluding carboxylic acids is 1. The fourth-order valence-corrected chi connectivity index (χ4v) is 2.41. The van der Waals surface area contributed by atoms with Crippen LogP contribution < -0.4 is 10.9 Å².